The van der Waals surface area contributed by atoms with Crippen molar-refractivity contribution in [1.82, 2.24) is 15.6 Å². The lowest BCUT2D eigenvalue weighted by atomic mass is 10.1. The molecule has 0 aliphatic carbocycles. The van der Waals surface area contributed by atoms with Crippen molar-refractivity contribution in [2.24, 2.45) is 0 Å². The Morgan fingerprint density at radius 3 is 2.85 bits per heavy atom. The van der Waals surface area contributed by atoms with Gasteiger partial charge in [-0.25, -0.2) is 0 Å². The summed E-state index contributed by atoms with van der Waals surface area (Å²) in [5.74, 6) is 1.18. The highest BCUT2D eigenvalue weighted by Crippen LogP contribution is 2.24. The molecule has 0 unspecified atom stereocenters. The van der Waals surface area contributed by atoms with Crippen LogP contribution in [-0.2, 0) is 17.8 Å². The van der Waals surface area contributed by atoms with Gasteiger partial charge in [0, 0.05) is 17.0 Å². The number of carbonyl (C=O) groups is 1. The second kappa shape index (κ2) is 7.33. The molecule has 0 bridgehead atoms. The summed E-state index contributed by atoms with van der Waals surface area (Å²) in [7, 11) is 1.61. The lowest BCUT2D eigenvalue weighted by Crippen LogP contribution is -2.24. The Morgan fingerprint density at radius 2 is 1.96 bits per heavy atom. The van der Waals surface area contributed by atoms with Gasteiger partial charge in [0.15, 0.2) is 11.3 Å². The van der Waals surface area contributed by atoms with Gasteiger partial charge in [-0.15, -0.1) is 0 Å². The molecule has 27 heavy (non-hydrogen) atoms. The van der Waals surface area contributed by atoms with Crippen LogP contribution in [0.25, 0.3) is 22.3 Å². The molecule has 0 radical (unpaired) electrons. The number of fused-ring (bicyclic) bond motifs is 1. The van der Waals surface area contributed by atoms with Crippen LogP contribution in [0.3, 0.4) is 0 Å². The zero-order chi connectivity index (χ0) is 18.6. The number of amides is 1. The van der Waals surface area contributed by atoms with Gasteiger partial charge in [0.25, 0.3) is 0 Å². The van der Waals surface area contributed by atoms with Crippen LogP contribution >= 0.6 is 0 Å². The van der Waals surface area contributed by atoms with Gasteiger partial charge in [0.2, 0.25) is 5.91 Å². The molecule has 7 heteroatoms. The smallest absolute Gasteiger partial charge is 0.226 e. The Bertz CT molecular complexity index is 1080. The van der Waals surface area contributed by atoms with E-state index in [0.29, 0.717) is 22.7 Å². The molecule has 1 N–H and O–H groups in total. The molecule has 2 heterocycles. The molecule has 1 amide bonds. The van der Waals surface area contributed by atoms with E-state index < -0.39 is 0 Å². The molecule has 4 rings (SSSR count). The third-order valence-electron chi connectivity index (χ3n) is 4.16. The van der Waals surface area contributed by atoms with Gasteiger partial charge >= 0.3 is 0 Å². The number of hydrogen-bond donors (Lipinski definition) is 1. The average molecular weight is 363 g/mol. The molecule has 0 fully saturated rings. The number of hydrogen-bond acceptors (Lipinski definition) is 6. The first-order valence-corrected chi connectivity index (χ1v) is 8.43. The van der Waals surface area contributed by atoms with Crippen molar-refractivity contribution in [3.8, 4) is 17.1 Å². The molecule has 0 aliphatic heterocycles. The lowest BCUT2D eigenvalue weighted by Gasteiger charge is -2.01. The summed E-state index contributed by atoms with van der Waals surface area (Å²) in [5, 5.41) is 11.6. The van der Waals surface area contributed by atoms with E-state index in [1.165, 1.54) is 0 Å². The fraction of sp³-hybridized carbons (Fsp3) is 0.150. The van der Waals surface area contributed by atoms with Crippen LogP contribution in [0.1, 0.15) is 11.4 Å². The van der Waals surface area contributed by atoms with E-state index in [1.807, 2.05) is 48.5 Å². The summed E-state index contributed by atoms with van der Waals surface area (Å²) >= 11 is 0. The number of para-hydroxylation sites is 1. The maximum absolute atomic E-state index is 12.2. The van der Waals surface area contributed by atoms with E-state index in [2.05, 4.69) is 15.6 Å². The van der Waals surface area contributed by atoms with E-state index in [0.717, 1.165) is 16.7 Å². The number of methoxy groups -OCH3 is 1. The van der Waals surface area contributed by atoms with Gasteiger partial charge in [-0.1, -0.05) is 34.6 Å². The van der Waals surface area contributed by atoms with Gasteiger partial charge in [0.05, 0.1) is 20.1 Å². The van der Waals surface area contributed by atoms with Crippen LogP contribution in [0, 0.1) is 0 Å². The first kappa shape index (κ1) is 16.8. The van der Waals surface area contributed by atoms with E-state index in [1.54, 1.807) is 13.2 Å². The zero-order valence-electron chi connectivity index (χ0n) is 14.6. The number of carbonyl (C=O) groups excluding carboxylic acids is 1. The molecule has 0 aliphatic rings. The van der Waals surface area contributed by atoms with Crippen LogP contribution in [0.5, 0.6) is 5.75 Å². The van der Waals surface area contributed by atoms with Crippen molar-refractivity contribution in [3.63, 3.8) is 0 Å². The predicted molar refractivity (Wildman–Crippen MR) is 98.1 cm³/mol. The van der Waals surface area contributed by atoms with Crippen LogP contribution in [0.4, 0.5) is 0 Å². The maximum atomic E-state index is 12.2. The summed E-state index contributed by atoms with van der Waals surface area (Å²) in [6.45, 7) is 0.266. The summed E-state index contributed by atoms with van der Waals surface area (Å²) in [6, 6.07) is 16.7. The largest absolute Gasteiger partial charge is 0.497 e. The van der Waals surface area contributed by atoms with Crippen molar-refractivity contribution in [1.29, 1.82) is 0 Å². The molecular formula is C20H17N3O4. The fourth-order valence-corrected chi connectivity index (χ4v) is 2.78. The number of nitrogens with one attached hydrogen (secondary N) is 1. The molecule has 4 aromatic rings. The third-order valence-corrected chi connectivity index (χ3v) is 4.16. The molecule has 0 saturated heterocycles. The number of benzene rings is 2. The predicted octanol–water partition coefficient (Wildman–Crippen LogP) is 3.35. The SMILES string of the molecule is COc1cccc(-c2cc(CNC(=O)Cc3noc4ccccc34)no2)c1. The van der Waals surface area contributed by atoms with Crippen molar-refractivity contribution < 1.29 is 18.6 Å². The molecule has 7 nitrogen and oxygen atoms in total. The van der Waals surface area contributed by atoms with Crippen LogP contribution in [-0.4, -0.2) is 23.3 Å². The van der Waals surface area contributed by atoms with Gasteiger partial charge in [-0.3, -0.25) is 4.79 Å². The number of nitrogens with zero attached hydrogens (tertiary/aromatic N) is 2. The van der Waals surface area contributed by atoms with Gasteiger partial charge < -0.3 is 19.1 Å². The maximum Gasteiger partial charge on any atom is 0.226 e. The summed E-state index contributed by atoms with van der Waals surface area (Å²) in [6.07, 6.45) is 0.137. The molecule has 0 spiro atoms. The van der Waals surface area contributed by atoms with E-state index >= 15 is 0 Å². The van der Waals surface area contributed by atoms with Crippen LogP contribution < -0.4 is 10.1 Å². The number of rotatable bonds is 6. The van der Waals surface area contributed by atoms with Crippen LogP contribution in [0.15, 0.2) is 63.6 Å². The Morgan fingerprint density at radius 1 is 1.07 bits per heavy atom. The highest BCUT2D eigenvalue weighted by molar-refractivity contribution is 5.86. The minimum Gasteiger partial charge on any atom is -0.497 e. The van der Waals surface area contributed by atoms with Gasteiger partial charge in [-0.05, 0) is 24.3 Å². The molecule has 2 aromatic heterocycles. The molecular weight excluding hydrogens is 346 g/mol. The second-order valence-electron chi connectivity index (χ2n) is 5.99. The first-order chi connectivity index (χ1) is 13.2. The number of aromatic nitrogens is 2. The fourth-order valence-electron chi connectivity index (χ4n) is 2.78. The summed E-state index contributed by atoms with van der Waals surface area (Å²) in [5.41, 5.74) is 2.76. The Hall–Kier alpha value is -3.61. The Labute approximate surface area is 154 Å². The molecule has 0 saturated carbocycles. The topological polar surface area (TPSA) is 90.4 Å². The van der Waals surface area contributed by atoms with Crippen molar-refractivity contribution in [3.05, 3.63) is 66.0 Å². The van der Waals surface area contributed by atoms with Gasteiger partial charge in [-0.2, -0.15) is 0 Å². The van der Waals surface area contributed by atoms with E-state index in [9.17, 15) is 4.79 Å². The molecule has 2 aromatic carbocycles. The second-order valence-corrected chi connectivity index (χ2v) is 5.99. The van der Waals surface area contributed by atoms with E-state index in [-0.39, 0.29) is 18.9 Å². The Kier molecular flexibility index (Phi) is 4.57. The monoisotopic (exact) mass is 363 g/mol. The Balaban J connectivity index is 1.39. The quantitative estimate of drug-likeness (QED) is 0.565. The number of ether oxygens (including phenoxy) is 1. The minimum absolute atomic E-state index is 0.137. The lowest BCUT2D eigenvalue weighted by molar-refractivity contribution is -0.120. The van der Waals surface area contributed by atoms with Gasteiger partial charge in [0.1, 0.15) is 17.1 Å². The summed E-state index contributed by atoms with van der Waals surface area (Å²) < 4.78 is 15.8. The summed E-state index contributed by atoms with van der Waals surface area (Å²) in [4.78, 5) is 12.2. The highest BCUT2D eigenvalue weighted by Gasteiger charge is 2.13. The standard InChI is InChI=1S/C20H17N3O4/c1-25-15-6-4-5-13(9-15)19-10-14(22-27-19)12-21-20(24)11-17-16-7-2-3-8-18(16)26-23-17/h2-10H,11-12H2,1H3,(H,21,24). The normalized spacial score (nSPS) is 10.9. The molecule has 136 valence electrons. The first-order valence-electron chi connectivity index (χ1n) is 8.43. The average Bonchev–Trinajstić information content (AvgIpc) is 3.34. The van der Waals surface area contributed by atoms with Crippen molar-refractivity contribution in [2.45, 2.75) is 13.0 Å². The van der Waals surface area contributed by atoms with E-state index in [4.69, 9.17) is 13.8 Å². The minimum atomic E-state index is -0.167. The highest BCUT2D eigenvalue weighted by atomic mass is 16.5. The zero-order valence-corrected chi connectivity index (χ0v) is 14.6. The van der Waals surface area contributed by atoms with Crippen molar-refractivity contribution >= 4 is 16.9 Å². The third kappa shape index (κ3) is 3.67. The van der Waals surface area contributed by atoms with Crippen molar-refractivity contribution in [2.75, 3.05) is 7.11 Å². The van der Waals surface area contributed by atoms with Crippen LogP contribution in [0.2, 0.25) is 0 Å². The molecule has 0 atom stereocenters.